The molecule has 8 nitrogen and oxygen atoms in total. The fourth-order valence-electron chi connectivity index (χ4n) is 4.29. The normalized spacial score (nSPS) is 15.8. The Bertz CT molecular complexity index is 1450. The second-order valence-corrected chi connectivity index (χ2v) is 10.1. The quantitative estimate of drug-likeness (QED) is 0.291. The predicted molar refractivity (Wildman–Crippen MR) is 140 cm³/mol. The van der Waals surface area contributed by atoms with Gasteiger partial charge in [0.15, 0.2) is 0 Å². The number of ether oxygens (including phenoxy) is 1. The zero-order valence-electron chi connectivity index (χ0n) is 20.4. The van der Waals surface area contributed by atoms with Crippen molar-refractivity contribution in [2.24, 2.45) is 0 Å². The molecular formula is C26H25F3N6O2S. The van der Waals surface area contributed by atoms with Gasteiger partial charge in [0.05, 0.1) is 10.7 Å². The van der Waals surface area contributed by atoms with Gasteiger partial charge in [0.2, 0.25) is 11.8 Å². The highest BCUT2D eigenvalue weighted by Gasteiger charge is 2.28. The van der Waals surface area contributed by atoms with Crippen LogP contribution in [0.1, 0.15) is 28.2 Å². The van der Waals surface area contributed by atoms with Gasteiger partial charge >= 0.3 is 6.18 Å². The van der Waals surface area contributed by atoms with Crippen LogP contribution in [0.25, 0.3) is 21.3 Å². The third kappa shape index (κ3) is 6.03. The van der Waals surface area contributed by atoms with Crippen molar-refractivity contribution in [2.45, 2.75) is 32.0 Å². The van der Waals surface area contributed by atoms with Gasteiger partial charge < -0.3 is 20.7 Å². The molecule has 1 saturated heterocycles. The Balaban J connectivity index is 1.43. The molecule has 2 aromatic carbocycles. The van der Waals surface area contributed by atoms with Crippen LogP contribution in [0.2, 0.25) is 0 Å². The van der Waals surface area contributed by atoms with Crippen molar-refractivity contribution in [1.29, 1.82) is 0 Å². The number of alkyl halides is 3. The molecule has 0 saturated carbocycles. The highest BCUT2D eigenvalue weighted by Crippen LogP contribution is 2.39. The van der Waals surface area contributed by atoms with Crippen LogP contribution in [0.4, 0.5) is 19.1 Å². The molecule has 0 radical (unpaired) electrons. The zero-order chi connectivity index (χ0) is 26.7. The van der Waals surface area contributed by atoms with Gasteiger partial charge in [0.25, 0.3) is 5.91 Å². The number of carbonyl (C=O) groups is 1. The minimum atomic E-state index is -4.50. The molecule has 5 rings (SSSR count). The molecule has 1 unspecified atom stereocenters. The molecule has 2 aromatic heterocycles. The second kappa shape index (κ2) is 10.9. The number of nitrogens with one attached hydrogen (secondary N) is 3. The number of rotatable bonds is 7. The molecule has 1 aliphatic heterocycles. The number of benzene rings is 2. The van der Waals surface area contributed by atoms with Crippen LogP contribution >= 0.6 is 11.3 Å². The van der Waals surface area contributed by atoms with Crippen LogP contribution in [-0.2, 0) is 0 Å². The van der Waals surface area contributed by atoms with Crippen LogP contribution in [0.15, 0.2) is 48.7 Å². The monoisotopic (exact) mass is 542 g/mol. The van der Waals surface area contributed by atoms with Crippen LogP contribution in [-0.4, -0.2) is 52.7 Å². The van der Waals surface area contributed by atoms with Crippen molar-refractivity contribution < 1.29 is 22.7 Å². The Morgan fingerprint density at radius 2 is 1.97 bits per heavy atom. The Labute approximate surface area is 220 Å². The van der Waals surface area contributed by atoms with Gasteiger partial charge in [-0.3, -0.25) is 4.79 Å². The Morgan fingerprint density at radius 1 is 1.16 bits per heavy atom. The standard InChI is InChI=1S/C26H25F3N6O2S/c1-15-33-24(22(38-15)20-10-12-31-25(35-20)34-16-5-4-11-30-13-16)37-21-9-8-19(17-6-2-3-7-18(17)21)23(36)32-14-26(27,28)29/h2-3,6-10,12,16,30H,4-5,11,13-14H2,1H3,(H,32,36)(H,31,34,35). The second-order valence-electron chi connectivity index (χ2n) is 8.88. The lowest BCUT2D eigenvalue weighted by atomic mass is 10.0. The molecule has 0 bridgehead atoms. The first kappa shape index (κ1) is 25.9. The van der Waals surface area contributed by atoms with Crippen molar-refractivity contribution in [3.8, 4) is 22.2 Å². The van der Waals surface area contributed by atoms with E-state index in [4.69, 9.17) is 4.74 Å². The number of thiazole rings is 1. The van der Waals surface area contributed by atoms with Gasteiger partial charge in [-0.15, -0.1) is 11.3 Å². The number of nitrogens with zero attached hydrogens (tertiary/aromatic N) is 3. The van der Waals surface area contributed by atoms with E-state index >= 15 is 0 Å². The van der Waals surface area contributed by atoms with E-state index in [-0.39, 0.29) is 11.6 Å². The maximum atomic E-state index is 12.6. The first-order valence-corrected chi connectivity index (χ1v) is 12.9. The molecule has 1 aliphatic rings. The van der Waals surface area contributed by atoms with E-state index < -0.39 is 18.6 Å². The number of hydrogen-bond acceptors (Lipinski definition) is 8. The molecule has 3 N–H and O–H groups in total. The van der Waals surface area contributed by atoms with Crippen molar-refractivity contribution in [2.75, 3.05) is 25.0 Å². The van der Waals surface area contributed by atoms with Gasteiger partial charge in [0, 0.05) is 29.7 Å². The highest BCUT2D eigenvalue weighted by molar-refractivity contribution is 7.15. The van der Waals surface area contributed by atoms with E-state index in [1.807, 2.05) is 12.2 Å². The molecule has 198 valence electrons. The fraction of sp³-hybridized carbons (Fsp3) is 0.308. The third-order valence-corrected chi connectivity index (χ3v) is 6.98. The van der Waals surface area contributed by atoms with Crippen molar-refractivity contribution in [3.63, 3.8) is 0 Å². The molecule has 0 spiro atoms. The van der Waals surface area contributed by atoms with Crippen molar-refractivity contribution in [1.82, 2.24) is 25.6 Å². The lowest BCUT2D eigenvalue weighted by molar-refractivity contribution is -0.123. The number of hydrogen-bond donors (Lipinski definition) is 3. The average Bonchev–Trinajstić information content (AvgIpc) is 3.27. The highest BCUT2D eigenvalue weighted by atomic mass is 32.1. The number of piperidine rings is 1. The SMILES string of the molecule is Cc1nc(Oc2ccc(C(=O)NCC(F)(F)F)c3ccccc23)c(-c2ccnc(NC3CCCNC3)n2)s1. The molecule has 12 heteroatoms. The summed E-state index contributed by atoms with van der Waals surface area (Å²) in [4.78, 5) is 26.8. The smallest absolute Gasteiger partial charge is 0.405 e. The van der Waals surface area contributed by atoms with E-state index in [1.54, 1.807) is 42.6 Å². The van der Waals surface area contributed by atoms with Gasteiger partial charge in [0.1, 0.15) is 17.2 Å². The number of aromatic nitrogens is 3. The van der Waals surface area contributed by atoms with Crippen LogP contribution in [0.5, 0.6) is 11.6 Å². The largest absolute Gasteiger partial charge is 0.437 e. The van der Waals surface area contributed by atoms with Crippen LogP contribution in [0.3, 0.4) is 0 Å². The van der Waals surface area contributed by atoms with E-state index in [9.17, 15) is 18.0 Å². The van der Waals surface area contributed by atoms with Crippen LogP contribution < -0.4 is 20.7 Å². The number of carbonyl (C=O) groups excluding carboxylic acids is 1. The average molecular weight is 543 g/mol. The van der Waals surface area contributed by atoms with Crippen LogP contribution in [0, 0.1) is 6.92 Å². The third-order valence-electron chi connectivity index (χ3n) is 6.01. The Hall–Kier alpha value is -3.77. The summed E-state index contributed by atoms with van der Waals surface area (Å²) in [6.45, 7) is 2.31. The minimum Gasteiger partial charge on any atom is -0.437 e. The fourth-order valence-corrected chi connectivity index (χ4v) is 5.11. The first-order valence-electron chi connectivity index (χ1n) is 12.1. The first-order chi connectivity index (χ1) is 18.3. The minimum absolute atomic E-state index is 0.121. The summed E-state index contributed by atoms with van der Waals surface area (Å²) >= 11 is 1.43. The zero-order valence-corrected chi connectivity index (χ0v) is 21.2. The number of aryl methyl sites for hydroxylation is 1. The molecular weight excluding hydrogens is 517 g/mol. The van der Waals surface area contributed by atoms with Crippen molar-refractivity contribution in [3.05, 3.63) is 59.2 Å². The van der Waals surface area contributed by atoms with E-state index in [1.165, 1.54) is 17.4 Å². The molecule has 1 fully saturated rings. The van der Waals surface area contributed by atoms with Gasteiger partial charge in [-0.05, 0) is 49.9 Å². The summed E-state index contributed by atoms with van der Waals surface area (Å²) in [5.41, 5.74) is 0.773. The van der Waals surface area contributed by atoms with E-state index in [2.05, 4.69) is 25.6 Å². The number of amides is 1. The summed E-state index contributed by atoms with van der Waals surface area (Å²) in [6, 6.07) is 11.9. The summed E-state index contributed by atoms with van der Waals surface area (Å²) in [5.74, 6) is 0.466. The number of fused-ring (bicyclic) bond motifs is 1. The summed E-state index contributed by atoms with van der Waals surface area (Å²) in [5, 5.41) is 10.5. The lowest BCUT2D eigenvalue weighted by Gasteiger charge is -2.23. The van der Waals surface area contributed by atoms with Gasteiger partial charge in [-0.25, -0.2) is 15.0 Å². The molecule has 3 heterocycles. The number of anilines is 1. The topological polar surface area (TPSA) is 101 Å². The van der Waals surface area contributed by atoms with E-state index in [0.717, 1.165) is 30.9 Å². The van der Waals surface area contributed by atoms with Gasteiger partial charge in [-0.1, -0.05) is 24.3 Å². The predicted octanol–water partition coefficient (Wildman–Crippen LogP) is 5.31. The number of halogens is 3. The molecule has 1 amide bonds. The maximum absolute atomic E-state index is 12.6. The molecule has 4 aromatic rings. The molecule has 38 heavy (non-hydrogen) atoms. The molecule has 1 atom stereocenters. The Morgan fingerprint density at radius 3 is 2.74 bits per heavy atom. The lowest BCUT2D eigenvalue weighted by Crippen LogP contribution is -2.38. The maximum Gasteiger partial charge on any atom is 0.405 e. The van der Waals surface area contributed by atoms with Crippen molar-refractivity contribution >= 4 is 34.0 Å². The summed E-state index contributed by atoms with van der Waals surface area (Å²) < 4.78 is 44.1. The van der Waals surface area contributed by atoms with E-state index in [0.29, 0.717) is 38.9 Å². The summed E-state index contributed by atoms with van der Waals surface area (Å²) in [6.07, 6.45) is -0.702. The summed E-state index contributed by atoms with van der Waals surface area (Å²) in [7, 11) is 0. The Kier molecular flexibility index (Phi) is 7.43. The van der Waals surface area contributed by atoms with Gasteiger partial charge in [-0.2, -0.15) is 13.2 Å². The molecule has 0 aliphatic carbocycles.